The van der Waals surface area contributed by atoms with E-state index in [4.69, 9.17) is 22.1 Å². The summed E-state index contributed by atoms with van der Waals surface area (Å²) >= 11 is 5.80. The number of rotatable bonds is 6. The number of amides is 1. The third-order valence-electron chi connectivity index (χ3n) is 5.61. The minimum atomic E-state index is -1.54. The number of carbonyl (C=O) groups excluding carboxylic acids is 1. The number of aliphatic hydroxyl groups excluding tert-OH is 2. The number of carbonyl (C=O) groups is 1. The standard InChI is InChI=1S/C24H22ClFN2O4/c25-13-9-18(22(27)20(26)10-13)23(30)21(29)11-28-24(31)32-12-19-16-7-3-1-5-14(16)15-6-2-4-8-17(15)19/h1-10,19,21,23,29-30H,11-12,27H2,(H,28,31). The third-order valence-corrected chi connectivity index (χ3v) is 5.83. The average Bonchev–Trinajstić information content (AvgIpc) is 3.11. The van der Waals surface area contributed by atoms with Crippen molar-refractivity contribution in [3.8, 4) is 11.1 Å². The number of hydrogen-bond donors (Lipinski definition) is 4. The van der Waals surface area contributed by atoms with Gasteiger partial charge in [0.15, 0.2) is 0 Å². The lowest BCUT2D eigenvalue weighted by atomic mass is 9.98. The highest BCUT2D eigenvalue weighted by Gasteiger charge is 2.29. The fourth-order valence-electron chi connectivity index (χ4n) is 4.01. The van der Waals surface area contributed by atoms with E-state index >= 15 is 0 Å². The molecule has 4 rings (SSSR count). The molecule has 3 aromatic rings. The van der Waals surface area contributed by atoms with Crippen molar-refractivity contribution in [3.63, 3.8) is 0 Å². The zero-order chi connectivity index (χ0) is 22.8. The van der Waals surface area contributed by atoms with Crippen molar-refractivity contribution in [1.82, 2.24) is 5.32 Å². The molecule has 1 aliphatic carbocycles. The van der Waals surface area contributed by atoms with Gasteiger partial charge in [-0.1, -0.05) is 60.1 Å². The molecule has 3 aromatic carbocycles. The number of nitrogens with one attached hydrogen (secondary N) is 1. The van der Waals surface area contributed by atoms with E-state index in [1.807, 2.05) is 48.5 Å². The first-order chi connectivity index (χ1) is 15.4. The number of nitrogen functional groups attached to an aromatic ring is 1. The molecule has 1 amide bonds. The quantitative estimate of drug-likeness (QED) is 0.420. The van der Waals surface area contributed by atoms with Crippen LogP contribution in [0.2, 0.25) is 5.02 Å². The second-order valence-electron chi connectivity index (χ2n) is 7.61. The minimum absolute atomic E-state index is 0.0300. The molecule has 0 aromatic heterocycles. The largest absolute Gasteiger partial charge is 0.449 e. The number of aliphatic hydroxyl groups is 2. The van der Waals surface area contributed by atoms with Crippen LogP contribution in [0.3, 0.4) is 0 Å². The second kappa shape index (κ2) is 9.16. The van der Waals surface area contributed by atoms with E-state index in [-0.39, 0.29) is 35.3 Å². The molecule has 1 aliphatic rings. The van der Waals surface area contributed by atoms with Gasteiger partial charge >= 0.3 is 6.09 Å². The Labute approximate surface area is 189 Å². The average molecular weight is 457 g/mol. The summed E-state index contributed by atoms with van der Waals surface area (Å²) in [7, 11) is 0. The summed E-state index contributed by atoms with van der Waals surface area (Å²) in [6, 6.07) is 18.2. The first-order valence-corrected chi connectivity index (χ1v) is 10.4. The van der Waals surface area contributed by atoms with Crippen LogP contribution < -0.4 is 11.1 Å². The highest BCUT2D eigenvalue weighted by atomic mass is 35.5. The zero-order valence-corrected chi connectivity index (χ0v) is 17.7. The zero-order valence-electron chi connectivity index (χ0n) is 17.0. The van der Waals surface area contributed by atoms with E-state index in [0.717, 1.165) is 28.3 Å². The number of anilines is 1. The van der Waals surface area contributed by atoms with Crippen LogP contribution in [0, 0.1) is 5.82 Å². The number of ether oxygens (including phenoxy) is 1. The van der Waals surface area contributed by atoms with Crippen molar-refractivity contribution in [1.29, 1.82) is 0 Å². The van der Waals surface area contributed by atoms with Crippen LogP contribution in [0.15, 0.2) is 60.7 Å². The molecule has 166 valence electrons. The van der Waals surface area contributed by atoms with Gasteiger partial charge in [0.1, 0.15) is 24.6 Å². The van der Waals surface area contributed by atoms with Gasteiger partial charge in [-0.05, 0) is 34.4 Å². The number of fused-ring (bicyclic) bond motifs is 3. The molecule has 0 saturated heterocycles. The molecule has 0 fully saturated rings. The molecule has 0 aliphatic heterocycles. The molecule has 0 radical (unpaired) electrons. The monoisotopic (exact) mass is 456 g/mol. The number of benzene rings is 3. The normalized spacial score (nSPS) is 14.4. The maximum absolute atomic E-state index is 13.7. The van der Waals surface area contributed by atoms with Gasteiger partial charge in [-0.15, -0.1) is 0 Å². The van der Waals surface area contributed by atoms with E-state index in [9.17, 15) is 19.4 Å². The van der Waals surface area contributed by atoms with Gasteiger partial charge in [-0.2, -0.15) is 0 Å². The van der Waals surface area contributed by atoms with Crippen molar-refractivity contribution in [2.24, 2.45) is 0 Å². The van der Waals surface area contributed by atoms with Crippen LogP contribution in [-0.4, -0.2) is 35.6 Å². The summed E-state index contributed by atoms with van der Waals surface area (Å²) in [5.41, 5.74) is 9.63. The predicted octanol–water partition coefficient (Wildman–Crippen LogP) is 3.99. The fraction of sp³-hybridized carbons (Fsp3) is 0.208. The van der Waals surface area contributed by atoms with Crippen LogP contribution in [-0.2, 0) is 4.74 Å². The van der Waals surface area contributed by atoms with Gasteiger partial charge in [0.2, 0.25) is 0 Å². The Hall–Kier alpha value is -3.13. The van der Waals surface area contributed by atoms with Gasteiger partial charge in [0, 0.05) is 23.0 Å². The molecule has 0 heterocycles. The molecule has 0 spiro atoms. The summed E-state index contributed by atoms with van der Waals surface area (Å²) in [4.78, 5) is 12.2. The van der Waals surface area contributed by atoms with Gasteiger partial charge < -0.3 is 26.0 Å². The van der Waals surface area contributed by atoms with Crippen LogP contribution in [0.4, 0.5) is 14.9 Å². The molecular formula is C24H22ClFN2O4. The highest BCUT2D eigenvalue weighted by molar-refractivity contribution is 6.30. The highest BCUT2D eigenvalue weighted by Crippen LogP contribution is 2.44. The predicted molar refractivity (Wildman–Crippen MR) is 120 cm³/mol. The van der Waals surface area contributed by atoms with E-state index in [2.05, 4.69) is 5.32 Å². The Morgan fingerprint density at radius 3 is 2.31 bits per heavy atom. The van der Waals surface area contributed by atoms with E-state index in [0.29, 0.717) is 0 Å². The Morgan fingerprint density at radius 1 is 1.09 bits per heavy atom. The lowest BCUT2D eigenvalue weighted by Gasteiger charge is -2.21. The smallest absolute Gasteiger partial charge is 0.407 e. The van der Waals surface area contributed by atoms with Crippen LogP contribution in [0.25, 0.3) is 11.1 Å². The van der Waals surface area contributed by atoms with Crippen molar-refractivity contribution >= 4 is 23.4 Å². The van der Waals surface area contributed by atoms with Gasteiger partial charge in [-0.25, -0.2) is 9.18 Å². The van der Waals surface area contributed by atoms with Crippen LogP contribution in [0.1, 0.15) is 28.7 Å². The van der Waals surface area contributed by atoms with Crippen LogP contribution in [0.5, 0.6) is 0 Å². The summed E-state index contributed by atoms with van der Waals surface area (Å²) in [5, 5.41) is 23.0. The first-order valence-electron chi connectivity index (χ1n) is 10.1. The molecule has 2 atom stereocenters. The maximum atomic E-state index is 13.7. The SMILES string of the molecule is Nc1c(F)cc(Cl)cc1C(O)C(O)CNC(=O)OCC1c2ccccc2-c2ccccc21. The Morgan fingerprint density at radius 2 is 1.69 bits per heavy atom. The summed E-state index contributed by atoms with van der Waals surface area (Å²) in [5.74, 6) is -0.902. The summed E-state index contributed by atoms with van der Waals surface area (Å²) in [6.07, 6.45) is -3.74. The van der Waals surface area contributed by atoms with E-state index in [1.54, 1.807) is 0 Å². The number of halogens is 2. The molecule has 5 N–H and O–H groups in total. The molecule has 8 heteroatoms. The van der Waals surface area contributed by atoms with Crippen molar-refractivity contribution < 1.29 is 24.1 Å². The molecule has 2 unspecified atom stereocenters. The Bertz CT molecular complexity index is 1110. The van der Waals surface area contributed by atoms with Gasteiger partial charge in [0.05, 0.1) is 5.69 Å². The van der Waals surface area contributed by atoms with Gasteiger partial charge in [-0.3, -0.25) is 0 Å². The topological polar surface area (TPSA) is 105 Å². The lowest BCUT2D eigenvalue weighted by Crippen LogP contribution is -2.36. The van der Waals surface area contributed by atoms with Crippen molar-refractivity contribution in [2.75, 3.05) is 18.9 Å². The molecular weight excluding hydrogens is 435 g/mol. The molecule has 32 heavy (non-hydrogen) atoms. The Balaban J connectivity index is 1.36. The van der Waals surface area contributed by atoms with Crippen molar-refractivity contribution in [3.05, 3.63) is 88.2 Å². The van der Waals surface area contributed by atoms with E-state index < -0.39 is 24.1 Å². The lowest BCUT2D eigenvalue weighted by molar-refractivity contribution is 0.0188. The maximum Gasteiger partial charge on any atom is 0.407 e. The molecule has 0 saturated carbocycles. The summed E-state index contributed by atoms with van der Waals surface area (Å²) in [6.45, 7) is -0.212. The van der Waals surface area contributed by atoms with Crippen LogP contribution >= 0.6 is 11.6 Å². The Kier molecular flexibility index (Phi) is 6.32. The number of nitrogens with two attached hydrogens (primary N) is 1. The van der Waals surface area contributed by atoms with E-state index in [1.165, 1.54) is 6.07 Å². The summed E-state index contributed by atoms with van der Waals surface area (Å²) < 4.78 is 19.1. The molecule has 6 nitrogen and oxygen atoms in total. The minimum Gasteiger partial charge on any atom is -0.449 e. The van der Waals surface area contributed by atoms with Crippen molar-refractivity contribution in [2.45, 2.75) is 18.1 Å². The number of hydrogen-bond acceptors (Lipinski definition) is 5. The molecule has 0 bridgehead atoms. The first kappa shape index (κ1) is 22.1. The third kappa shape index (κ3) is 4.27. The number of alkyl carbamates (subject to hydrolysis) is 1. The second-order valence-corrected chi connectivity index (χ2v) is 8.05. The van der Waals surface area contributed by atoms with Gasteiger partial charge in [0.25, 0.3) is 0 Å². The fourth-order valence-corrected chi connectivity index (χ4v) is 4.22.